The van der Waals surface area contributed by atoms with Crippen molar-refractivity contribution in [1.82, 2.24) is 15.0 Å². The maximum Gasteiger partial charge on any atom is 0.224 e. The van der Waals surface area contributed by atoms with E-state index in [1.807, 2.05) is 18.4 Å². The molecule has 0 atom stereocenters. The molecule has 0 fully saturated rings. The van der Waals surface area contributed by atoms with Crippen LogP contribution in [0.2, 0.25) is 0 Å². The highest BCUT2D eigenvalue weighted by Crippen LogP contribution is 2.11. The summed E-state index contributed by atoms with van der Waals surface area (Å²) in [5.41, 5.74) is 5.55. The van der Waals surface area contributed by atoms with Crippen molar-refractivity contribution < 1.29 is 4.42 Å². The molecule has 2 aromatic rings. The molecule has 0 bridgehead atoms. The van der Waals surface area contributed by atoms with Crippen LogP contribution in [-0.2, 0) is 0 Å². The molecular weight excluding hydrogens is 224 g/mol. The molecule has 0 aromatic carbocycles. The van der Waals surface area contributed by atoms with Crippen LogP contribution in [0.15, 0.2) is 28.0 Å². The summed E-state index contributed by atoms with van der Waals surface area (Å²) in [6.45, 7) is 0. The minimum atomic E-state index is 0.221. The highest BCUT2D eigenvalue weighted by atomic mass is 32.2. The van der Waals surface area contributed by atoms with Crippen LogP contribution in [0.4, 0.5) is 5.95 Å². The van der Waals surface area contributed by atoms with Gasteiger partial charge in [-0.15, -0.1) is 0 Å². The zero-order valence-electron chi connectivity index (χ0n) is 8.62. The summed E-state index contributed by atoms with van der Waals surface area (Å²) in [6.07, 6.45) is 7.00. The second kappa shape index (κ2) is 4.80. The molecule has 0 aliphatic rings. The molecule has 0 saturated heterocycles. The van der Waals surface area contributed by atoms with E-state index in [4.69, 9.17) is 10.2 Å². The summed E-state index contributed by atoms with van der Waals surface area (Å²) >= 11 is 1.42. The summed E-state index contributed by atoms with van der Waals surface area (Å²) in [4.78, 5) is 12.1. The van der Waals surface area contributed by atoms with Crippen molar-refractivity contribution in [2.24, 2.45) is 0 Å². The molecular formula is C10H10N4OS. The normalized spacial score (nSPS) is 11.1. The van der Waals surface area contributed by atoms with Crippen LogP contribution in [0.25, 0.3) is 12.2 Å². The summed E-state index contributed by atoms with van der Waals surface area (Å²) in [5, 5.41) is 0.603. The lowest BCUT2D eigenvalue weighted by atomic mass is 10.4. The summed E-state index contributed by atoms with van der Waals surface area (Å²) in [6, 6.07) is 3.66. The van der Waals surface area contributed by atoms with E-state index in [0.717, 1.165) is 5.76 Å². The van der Waals surface area contributed by atoms with E-state index in [0.29, 0.717) is 11.0 Å². The second-order valence-electron chi connectivity index (χ2n) is 2.89. The monoisotopic (exact) mass is 234 g/mol. The highest BCUT2D eigenvalue weighted by molar-refractivity contribution is 7.98. The molecule has 2 N–H and O–H groups in total. The maximum absolute atomic E-state index is 5.55. The first-order chi connectivity index (χ1) is 7.78. The Hall–Kier alpha value is -1.82. The lowest BCUT2D eigenvalue weighted by Gasteiger charge is -1.98. The van der Waals surface area contributed by atoms with Gasteiger partial charge in [0.25, 0.3) is 0 Å². The maximum atomic E-state index is 5.55. The van der Waals surface area contributed by atoms with Crippen molar-refractivity contribution in [1.29, 1.82) is 0 Å². The van der Waals surface area contributed by atoms with E-state index < -0.39 is 0 Å². The van der Waals surface area contributed by atoms with Gasteiger partial charge < -0.3 is 10.2 Å². The first kappa shape index (κ1) is 10.7. The smallest absolute Gasteiger partial charge is 0.224 e. The average Bonchev–Trinajstić information content (AvgIpc) is 2.78. The average molecular weight is 234 g/mol. The fourth-order valence-corrected chi connectivity index (χ4v) is 1.47. The van der Waals surface area contributed by atoms with Gasteiger partial charge in [-0.05, 0) is 30.5 Å². The number of furan rings is 1. The Balaban J connectivity index is 2.24. The van der Waals surface area contributed by atoms with Gasteiger partial charge in [0.15, 0.2) is 11.0 Å². The number of aromatic nitrogens is 3. The minimum Gasteiger partial charge on any atom is -0.465 e. The van der Waals surface area contributed by atoms with E-state index in [2.05, 4.69) is 15.0 Å². The number of nitrogens with zero attached hydrogens (tertiary/aromatic N) is 3. The number of hydrogen-bond donors (Lipinski definition) is 1. The molecule has 16 heavy (non-hydrogen) atoms. The molecule has 2 rings (SSSR count). The number of rotatable bonds is 3. The second-order valence-corrected chi connectivity index (χ2v) is 3.66. The lowest BCUT2D eigenvalue weighted by Crippen LogP contribution is -2.00. The van der Waals surface area contributed by atoms with Crippen LogP contribution in [0.1, 0.15) is 11.6 Å². The predicted octanol–water partition coefficient (Wildman–Crippen LogP) is 1.94. The Morgan fingerprint density at radius 2 is 2.19 bits per heavy atom. The molecule has 0 unspecified atom stereocenters. The Morgan fingerprint density at radius 3 is 2.88 bits per heavy atom. The quantitative estimate of drug-likeness (QED) is 0.818. The van der Waals surface area contributed by atoms with Crippen molar-refractivity contribution in [3.05, 3.63) is 30.0 Å². The zero-order chi connectivity index (χ0) is 11.4. The molecule has 82 valence electrons. The van der Waals surface area contributed by atoms with Crippen LogP contribution in [0, 0.1) is 0 Å². The first-order valence-electron chi connectivity index (χ1n) is 4.55. The van der Waals surface area contributed by atoms with Crippen LogP contribution in [-0.4, -0.2) is 21.2 Å². The number of anilines is 1. The Labute approximate surface area is 96.8 Å². The molecule has 0 aliphatic carbocycles. The number of nitrogens with two attached hydrogens (primary N) is 1. The summed E-state index contributed by atoms with van der Waals surface area (Å²) < 4.78 is 5.15. The van der Waals surface area contributed by atoms with Crippen LogP contribution in [0.3, 0.4) is 0 Å². The Kier molecular flexibility index (Phi) is 3.21. The van der Waals surface area contributed by atoms with E-state index in [-0.39, 0.29) is 5.95 Å². The molecule has 6 heteroatoms. The fourth-order valence-electron chi connectivity index (χ4n) is 1.10. The van der Waals surface area contributed by atoms with E-state index >= 15 is 0 Å². The van der Waals surface area contributed by atoms with Gasteiger partial charge >= 0.3 is 0 Å². The van der Waals surface area contributed by atoms with E-state index in [1.54, 1.807) is 18.4 Å². The summed E-state index contributed by atoms with van der Waals surface area (Å²) in [7, 11) is 0. The molecule has 2 aromatic heterocycles. The van der Waals surface area contributed by atoms with Gasteiger partial charge in [-0.3, -0.25) is 0 Å². The third kappa shape index (κ3) is 2.60. The van der Waals surface area contributed by atoms with Gasteiger partial charge in [0.1, 0.15) is 5.76 Å². The minimum absolute atomic E-state index is 0.221. The van der Waals surface area contributed by atoms with E-state index in [1.165, 1.54) is 11.8 Å². The van der Waals surface area contributed by atoms with E-state index in [9.17, 15) is 0 Å². The van der Waals surface area contributed by atoms with Gasteiger partial charge in [-0.1, -0.05) is 11.8 Å². The standard InChI is InChI=1S/C10H10N4OS/c1-16-10-13-8(12-9(11)14-10)5-4-7-3-2-6-15-7/h2-6H,1H3,(H2,11,12,13,14)/b5-4+. The fraction of sp³-hybridized carbons (Fsp3) is 0.100. The van der Waals surface area contributed by atoms with Crippen molar-refractivity contribution in [2.45, 2.75) is 5.16 Å². The van der Waals surface area contributed by atoms with Crippen molar-refractivity contribution >= 4 is 29.9 Å². The number of hydrogen-bond acceptors (Lipinski definition) is 6. The molecule has 2 heterocycles. The molecule has 0 amide bonds. The Bertz CT molecular complexity index is 496. The van der Waals surface area contributed by atoms with Crippen molar-refractivity contribution in [2.75, 3.05) is 12.0 Å². The third-order valence-electron chi connectivity index (χ3n) is 1.77. The Morgan fingerprint density at radius 1 is 1.31 bits per heavy atom. The third-order valence-corrected chi connectivity index (χ3v) is 2.32. The zero-order valence-corrected chi connectivity index (χ0v) is 9.44. The predicted molar refractivity (Wildman–Crippen MR) is 63.7 cm³/mol. The SMILES string of the molecule is CSc1nc(N)nc(/C=C/c2ccco2)n1. The van der Waals surface area contributed by atoms with Crippen molar-refractivity contribution in [3.8, 4) is 0 Å². The number of thioether (sulfide) groups is 1. The largest absolute Gasteiger partial charge is 0.465 e. The van der Waals surface area contributed by atoms with Gasteiger partial charge in [0.2, 0.25) is 5.95 Å². The topological polar surface area (TPSA) is 77.8 Å². The molecule has 0 aliphatic heterocycles. The van der Waals surface area contributed by atoms with Crippen LogP contribution < -0.4 is 5.73 Å². The van der Waals surface area contributed by atoms with Gasteiger partial charge in [-0.25, -0.2) is 4.98 Å². The van der Waals surface area contributed by atoms with Gasteiger partial charge in [0.05, 0.1) is 6.26 Å². The summed E-state index contributed by atoms with van der Waals surface area (Å²) in [5.74, 6) is 1.48. The molecule has 0 radical (unpaired) electrons. The first-order valence-corrected chi connectivity index (χ1v) is 5.77. The van der Waals surface area contributed by atoms with Gasteiger partial charge in [-0.2, -0.15) is 9.97 Å². The number of nitrogen functional groups attached to an aromatic ring is 1. The molecule has 0 spiro atoms. The van der Waals surface area contributed by atoms with Crippen LogP contribution >= 0.6 is 11.8 Å². The molecule has 5 nitrogen and oxygen atoms in total. The van der Waals surface area contributed by atoms with Crippen molar-refractivity contribution in [3.63, 3.8) is 0 Å². The highest BCUT2D eigenvalue weighted by Gasteiger charge is 2.00. The van der Waals surface area contributed by atoms with Crippen LogP contribution in [0.5, 0.6) is 0 Å². The van der Waals surface area contributed by atoms with Gasteiger partial charge in [0, 0.05) is 0 Å². The molecule has 0 saturated carbocycles. The lowest BCUT2D eigenvalue weighted by molar-refractivity contribution is 0.557.